The summed E-state index contributed by atoms with van der Waals surface area (Å²) in [5.74, 6) is -0.211. The number of alkyl halides is 6. The summed E-state index contributed by atoms with van der Waals surface area (Å²) in [6.45, 7) is 1.20. The Labute approximate surface area is 227 Å². The number of piperazine rings is 1. The minimum Gasteiger partial charge on any atom is -0.398 e. The molecule has 7 nitrogen and oxygen atoms in total. The van der Waals surface area contributed by atoms with Crippen LogP contribution in [0.4, 0.5) is 43.4 Å². The molecule has 2 fully saturated rings. The predicted octanol–water partition coefficient (Wildman–Crippen LogP) is 5.27. The number of ether oxygens (including phenoxy) is 1. The minimum atomic E-state index is -4.64. The van der Waals surface area contributed by atoms with Crippen LogP contribution >= 0.6 is 0 Å². The van der Waals surface area contributed by atoms with E-state index in [0.29, 0.717) is 63.2 Å². The Balaban J connectivity index is 1.21. The van der Waals surface area contributed by atoms with Gasteiger partial charge in [0.05, 0.1) is 28.9 Å². The molecule has 1 aliphatic heterocycles. The van der Waals surface area contributed by atoms with E-state index in [1.54, 1.807) is 15.9 Å². The van der Waals surface area contributed by atoms with Crippen molar-refractivity contribution in [1.29, 1.82) is 5.26 Å². The third-order valence-corrected chi connectivity index (χ3v) is 7.27. The maximum Gasteiger partial charge on any atom is 0.418 e. The lowest BCUT2D eigenvalue weighted by atomic mass is 9.92. The number of nitrogens with two attached hydrogens (primary N) is 1. The van der Waals surface area contributed by atoms with Crippen LogP contribution in [-0.4, -0.2) is 55.7 Å². The first-order valence-corrected chi connectivity index (χ1v) is 12.8. The molecule has 1 heterocycles. The summed E-state index contributed by atoms with van der Waals surface area (Å²) in [6, 6.07) is 8.88. The summed E-state index contributed by atoms with van der Waals surface area (Å²) in [5.41, 5.74) is 3.52. The number of nitriles is 1. The van der Waals surface area contributed by atoms with E-state index < -0.39 is 29.0 Å². The smallest absolute Gasteiger partial charge is 0.398 e. The van der Waals surface area contributed by atoms with Crippen molar-refractivity contribution in [3.63, 3.8) is 0 Å². The monoisotopic (exact) mass is 569 g/mol. The third kappa shape index (κ3) is 7.10. The van der Waals surface area contributed by atoms with Crippen LogP contribution in [0.1, 0.15) is 42.4 Å². The molecule has 40 heavy (non-hydrogen) atoms. The Morgan fingerprint density at radius 3 is 2.20 bits per heavy atom. The van der Waals surface area contributed by atoms with Crippen molar-refractivity contribution >= 4 is 23.0 Å². The summed E-state index contributed by atoms with van der Waals surface area (Å²) in [4.78, 5) is 16.0. The number of nitrogen functional groups attached to an aromatic ring is 1. The molecule has 0 aromatic heterocycles. The van der Waals surface area contributed by atoms with Gasteiger partial charge < -0.3 is 25.6 Å². The van der Waals surface area contributed by atoms with E-state index in [1.807, 2.05) is 0 Å². The summed E-state index contributed by atoms with van der Waals surface area (Å²) in [7, 11) is 0. The second-order valence-electron chi connectivity index (χ2n) is 9.94. The number of nitrogens with zero attached hydrogens (tertiary/aromatic N) is 3. The fourth-order valence-electron chi connectivity index (χ4n) is 5.06. The highest BCUT2D eigenvalue weighted by atomic mass is 19.4. The Hall–Kier alpha value is -3.66. The van der Waals surface area contributed by atoms with Crippen LogP contribution < -0.4 is 16.0 Å². The Kier molecular flexibility index (Phi) is 8.68. The van der Waals surface area contributed by atoms with E-state index in [1.165, 1.54) is 18.2 Å². The van der Waals surface area contributed by atoms with Crippen LogP contribution in [0.15, 0.2) is 36.4 Å². The molecule has 1 saturated carbocycles. The first-order valence-electron chi connectivity index (χ1n) is 12.8. The molecule has 0 unspecified atom stereocenters. The molecule has 1 aliphatic carbocycles. The summed E-state index contributed by atoms with van der Waals surface area (Å²) < 4.78 is 85.0. The molecular weight excluding hydrogens is 540 g/mol. The Bertz CT molecular complexity index is 1240. The largest absolute Gasteiger partial charge is 0.418 e. The molecule has 0 atom stereocenters. The van der Waals surface area contributed by atoms with Crippen molar-refractivity contribution in [1.82, 2.24) is 4.90 Å². The average Bonchev–Trinajstić information content (AvgIpc) is 2.92. The molecule has 0 radical (unpaired) electrons. The van der Waals surface area contributed by atoms with Crippen molar-refractivity contribution in [2.75, 3.05) is 48.7 Å². The lowest BCUT2D eigenvalue weighted by Gasteiger charge is -2.37. The van der Waals surface area contributed by atoms with Gasteiger partial charge in [0, 0.05) is 49.3 Å². The topological polar surface area (TPSA) is 94.6 Å². The summed E-state index contributed by atoms with van der Waals surface area (Å²) in [5, 5.41) is 12.1. The van der Waals surface area contributed by atoms with Crippen molar-refractivity contribution in [2.24, 2.45) is 0 Å². The predicted molar refractivity (Wildman–Crippen MR) is 136 cm³/mol. The maximum absolute atomic E-state index is 13.3. The van der Waals surface area contributed by atoms with Gasteiger partial charge in [0.15, 0.2) is 0 Å². The van der Waals surface area contributed by atoms with Gasteiger partial charge in [-0.3, -0.25) is 4.79 Å². The second kappa shape index (κ2) is 11.8. The number of anilines is 3. The van der Waals surface area contributed by atoms with E-state index >= 15 is 0 Å². The van der Waals surface area contributed by atoms with Crippen LogP contribution in [0.2, 0.25) is 0 Å². The standard InChI is InChI=1S/C27H29F6N5O2/c28-26(29,30)22-14-20(5-1-17(22)15-34)37-9-11-38(12-10-37)25(39)16-40-21-6-2-18(3-7-21)36-19-4-8-24(35)23(13-19)27(31,32)33/h1,4-5,8,13-14,18,21,36H,2-3,6-7,9-12,16,35H2. The van der Waals surface area contributed by atoms with Crippen molar-refractivity contribution in [3.8, 4) is 6.07 Å². The highest BCUT2D eigenvalue weighted by Gasteiger charge is 2.35. The Morgan fingerprint density at radius 1 is 0.950 bits per heavy atom. The maximum atomic E-state index is 13.3. The average molecular weight is 570 g/mol. The number of hydrogen-bond donors (Lipinski definition) is 2. The van der Waals surface area contributed by atoms with Crippen molar-refractivity contribution in [3.05, 3.63) is 53.1 Å². The van der Waals surface area contributed by atoms with Crippen LogP contribution in [0.3, 0.4) is 0 Å². The normalized spacial score (nSPS) is 20.2. The Morgan fingerprint density at radius 2 is 1.60 bits per heavy atom. The number of nitrogens with one attached hydrogen (secondary N) is 1. The zero-order chi connectivity index (χ0) is 29.1. The number of rotatable bonds is 6. The van der Waals surface area contributed by atoms with Crippen LogP contribution in [0.25, 0.3) is 0 Å². The first kappa shape index (κ1) is 29.3. The number of halogens is 6. The van der Waals surface area contributed by atoms with Gasteiger partial charge in [-0.1, -0.05) is 0 Å². The van der Waals surface area contributed by atoms with E-state index in [-0.39, 0.29) is 30.3 Å². The lowest BCUT2D eigenvalue weighted by molar-refractivity contribution is -0.139. The zero-order valence-electron chi connectivity index (χ0n) is 21.5. The van der Waals surface area contributed by atoms with Crippen molar-refractivity contribution < 1.29 is 35.9 Å². The van der Waals surface area contributed by atoms with Gasteiger partial charge in [0.2, 0.25) is 5.91 Å². The molecule has 0 bridgehead atoms. The molecule has 4 rings (SSSR count). The first-order chi connectivity index (χ1) is 18.8. The molecule has 3 N–H and O–H groups in total. The molecule has 2 aliphatic rings. The fraction of sp³-hybridized carbons (Fsp3) is 0.481. The van der Waals surface area contributed by atoms with Gasteiger partial charge in [-0.25, -0.2) is 0 Å². The molecular formula is C27H29F6N5O2. The van der Waals surface area contributed by atoms with Crippen molar-refractivity contribution in [2.45, 2.75) is 50.2 Å². The molecule has 2 aromatic rings. The number of benzene rings is 2. The van der Waals surface area contributed by atoms with Gasteiger partial charge in [-0.15, -0.1) is 0 Å². The van der Waals surface area contributed by atoms with Gasteiger partial charge in [0.25, 0.3) is 0 Å². The van der Waals surface area contributed by atoms with Gasteiger partial charge in [-0.2, -0.15) is 31.6 Å². The molecule has 1 amide bonds. The number of amides is 1. The molecule has 2 aromatic carbocycles. The molecule has 216 valence electrons. The number of carbonyl (C=O) groups is 1. The van der Waals surface area contributed by atoms with E-state index in [0.717, 1.165) is 18.2 Å². The minimum absolute atomic E-state index is 0.0339. The third-order valence-electron chi connectivity index (χ3n) is 7.27. The van der Waals surface area contributed by atoms with E-state index in [4.69, 9.17) is 15.7 Å². The van der Waals surface area contributed by atoms with Gasteiger partial charge >= 0.3 is 12.4 Å². The second-order valence-corrected chi connectivity index (χ2v) is 9.94. The van der Waals surface area contributed by atoms with Gasteiger partial charge in [0.1, 0.15) is 6.61 Å². The van der Waals surface area contributed by atoms with Gasteiger partial charge in [-0.05, 0) is 62.1 Å². The summed E-state index contributed by atoms with van der Waals surface area (Å²) >= 11 is 0. The highest BCUT2D eigenvalue weighted by molar-refractivity contribution is 5.77. The molecule has 13 heteroatoms. The molecule has 0 spiro atoms. The number of hydrogen-bond acceptors (Lipinski definition) is 6. The lowest BCUT2D eigenvalue weighted by Crippen LogP contribution is -2.50. The number of carbonyl (C=O) groups excluding carboxylic acids is 1. The van der Waals surface area contributed by atoms with Crippen LogP contribution in [0.5, 0.6) is 0 Å². The zero-order valence-corrected chi connectivity index (χ0v) is 21.5. The highest BCUT2D eigenvalue weighted by Crippen LogP contribution is 2.36. The van der Waals surface area contributed by atoms with E-state index in [9.17, 15) is 31.1 Å². The van der Waals surface area contributed by atoms with Crippen LogP contribution in [0, 0.1) is 11.3 Å². The van der Waals surface area contributed by atoms with Crippen LogP contribution in [-0.2, 0) is 21.9 Å². The SMILES string of the molecule is N#Cc1ccc(N2CCN(C(=O)COC3CCC(Nc4ccc(N)c(C(F)(F)F)c4)CC3)CC2)cc1C(F)(F)F. The quantitative estimate of drug-likeness (QED) is 0.364. The molecule has 1 saturated heterocycles. The summed E-state index contributed by atoms with van der Waals surface area (Å²) in [6.07, 6.45) is -6.73. The fourth-order valence-corrected chi connectivity index (χ4v) is 5.06. The van der Waals surface area contributed by atoms with E-state index in [2.05, 4.69) is 5.32 Å².